The molecule has 0 aliphatic heterocycles. The van der Waals surface area contributed by atoms with E-state index in [9.17, 15) is 13.6 Å². The number of rotatable bonds is 6. The Hall–Kier alpha value is -1.69. The highest BCUT2D eigenvalue weighted by Crippen LogP contribution is 2.23. The first-order valence-electron chi connectivity index (χ1n) is 7.15. The van der Waals surface area contributed by atoms with Gasteiger partial charge in [0.25, 0.3) is 5.91 Å². The summed E-state index contributed by atoms with van der Waals surface area (Å²) >= 11 is 0. The van der Waals surface area contributed by atoms with Crippen LogP contribution in [0.5, 0.6) is 5.75 Å². The maximum atomic E-state index is 13.8. The van der Waals surface area contributed by atoms with Gasteiger partial charge < -0.3 is 15.4 Å². The fraction of sp³-hybridized carbons (Fsp3) is 0.533. The summed E-state index contributed by atoms with van der Waals surface area (Å²) in [6.45, 7) is -0.0218. The van der Waals surface area contributed by atoms with Crippen LogP contribution >= 0.6 is 0 Å². The molecule has 2 N–H and O–H groups in total. The zero-order valence-electron chi connectivity index (χ0n) is 12.0. The molecule has 0 spiro atoms. The summed E-state index contributed by atoms with van der Waals surface area (Å²) in [7, 11) is 1.69. The summed E-state index contributed by atoms with van der Waals surface area (Å²) in [4.78, 5) is 11.7. The number of carbonyl (C=O) groups excluding carboxylic acids is 1. The van der Waals surface area contributed by atoms with E-state index in [0.29, 0.717) is 12.1 Å². The number of benzene rings is 1. The van der Waals surface area contributed by atoms with Crippen molar-refractivity contribution in [3.05, 3.63) is 29.3 Å². The van der Waals surface area contributed by atoms with Gasteiger partial charge in [-0.2, -0.15) is 0 Å². The van der Waals surface area contributed by atoms with E-state index in [1.165, 1.54) is 12.1 Å². The zero-order valence-corrected chi connectivity index (χ0v) is 12.0. The van der Waals surface area contributed by atoms with E-state index >= 15 is 0 Å². The van der Waals surface area contributed by atoms with Crippen LogP contribution in [-0.2, 0) is 11.3 Å². The van der Waals surface area contributed by atoms with Crippen LogP contribution in [0.1, 0.15) is 31.2 Å². The van der Waals surface area contributed by atoms with E-state index in [-0.39, 0.29) is 18.6 Å². The second-order valence-electron chi connectivity index (χ2n) is 5.26. The molecule has 4 nitrogen and oxygen atoms in total. The van der Waals surface area contributed by atoms with Crippen molar-refractivity contribution >= 4 is 5.91 Å². The maximum Gasteiger partial charge on any atom is 0.258 e. The van der Waals surface area contributed by atoms with Crippen LogP contribution in [-0.4, -0.2) is 25.6 Å². The van der Waals surface area contributed by atoms with E-state index in [1.807, 2.05) is 0 Å². The Morgan fingerprint density at radius 2 is 1.90 bits per heavy atom. The third-order valence-electron chi connectivity index (χ3n) is 3.51. The number of hydrogen-bond acceptors (Lipinski definition) is 3. The standard InChI is InChI=1S/C15H20F2N2O2/c1-18-8-10-6-12(16)15(13(17)7-10)21-9-14(20)19-11-4-2-3-5-11/h6-7,11,18H,2-5,8-9H2,1H3,(H,19,20). The van der Waals surface area contributed by atoms with Gasteiger partial charge in [0.1, 0.15) is 0 Å². The average molecular weight is 298 g/mol. The second-order valence-corrected chi connectivity index (χ2v) is 5.26. The fourth-order valence-electron chi connectivity index (χ4n) is 2.53. The van der Waals surface area contributed by atoms with Crippen molar-refractivity contribution in [2.75, 3.05) is 13.7 Å². The molecule has 1 aliphatic rings. The quantitative estimate of drug-likeness (QED) is 0.846. The predicted molar refractivity (Wildman–Crippen MR) is 75.0 cm³/mol. The Balaban J connectivity index is 1.91. The third kappa shape index (κ3) is 4.39. The van der Waals surface area contributed by atoms with Crippen molar-refractivity contribution in [3.8, 4) is 5.75 Å². The van der Waals surface area contributed by atoms with Gasteiger partial charge in [-0.25, -0.2) is 8.78 Å². The highest BCUT2D eigenvalue weighted by atomic mass is 19.1. The highest BCUT2D eigenvalue weighted by molar-refractivity contribution is 5.77. The summed E-state index contributed by atoms with van der Waals surface area (Å²) in [6.07, 6.45) is 4.10. The zero-order chi connectivity index (χ0) is 15.2. The minimum Gasteiger partial charge on any atom is -0.478 e. The molecule has 1 aromatic rings. The molecule has 0 aromatic heterocycles. The molecule has 1 amide bonds. The van der Waals surface area contributed by atoms with Gasteiger partial charge in [0, 0.05) is 12.6 Å². The van der Waals surface area contributed by atoms with Gasteiger partial charge in [0.05, 0.1) is 0 Å². The van der Waals surface area contributed by atoms with Crippen LogP contribution in [0.25, 0.3) is 0 Å². The monoisotopic (exact) mass is 298 g/mol. The molecule has 0 saturated heterocycles. The van der Waals surface area contributed by atoms with Crippen LogP contribution in [0.15, 0.2) is 12.1 Å². The fourth-order valence-corrected chi connectivity index (χ4v) is 2.53. The molecule has 0 radical (unpaired) electrons. The third-order valence-corrected chi connectivity index (χ3v) is 3.51. The smallest absolute Gasteiger partial charge is 0.258 e. The van der Waals surface area contributed by atoms with E-state index in [1.54, 1.807) is 7.05 Å². The summed E-state index contributed by atoms with van der Waals surface area (Å²) in [5, 5.41) is 5.61. The molecule has 116 valence electrons. The SMILES string of the molecule is CNCc1cc(F)c(OCC(=O)NC2CCCC2)c(F)c1. The number of nitrogens with one attached hydrogen (secondary N) is 2. The van der Waals surface area contributed by atoms with Gasteiger partial charge >= 0.3 is 0 Å². The molecular weight excluding hydrogens is 278 g/mol. The van der Waals surface area contributed by atoms with Gasteiger partial charge in [0.2, 0.25) is 0 Å². The minimum atomic E-state index is -0.797. The maximum absolute atomic E-state index is 13.8. The molecule has 1 aliphatic carbocycles. The average Bonchev–Trinajstić information content (AvgIpc) is 2.91. The van der Waals surface area contributed by atoms with Crippen molar-refractivity contribution < 1.29 is 18.3 Å². The molecular formula is C15H20F2N2O2. The van der Waals surface area contributed by atoms with E-state index in [4.69, 9.17) is 4.74 Å². The summed E-state index contributed by atoms with van der Waals surface area (Å²) < 4.78 is 32.5. The normalized spacial score (nSPS) is 15.2. The van der Waals surface area contributed by atoms with Crippen molar-refractivity contribution in [1.82, 2.24) is 10.6 Å². The summed E-state index contributed by atoms with van der Waals surface area (Å²) in [6, 6.07) is 2.56. The lowest BCUT2D eigenvalue weighted by Crippen LogP contribution is -2.36. The van der Waals surface area contributed by atoms with Crippen molar-refractivity contribution in [3.63, 3.8) is 0 Å². The molecule has 0 atom stereocenters. The van der Waals surface area contributed by atoms with Crippen LogP contribution in [0.4, 0.5) is 8.78 Å². The Bertz CT molecular complexity index is 479. The summed E-state index contributed by atoms with van der Waals surface area (Å²) in [5.74, 6) is -2.45. The van der Waals surface area contributed by atoms with Gasteiger partial charge in [-0.05, 0) is 37.6 Å². The van der Waals surface area contributed by atoms with Crippen LogP contribution in [0.3, 0.4) is 0 Å². The lowest BCUT2D eigenvalue weighted by molar-refractivity contribution is -0.123. The topological polar surface area (TPSA) is 50.4 Å². The predicted octanol–water partition coefficient (Wildman–Crippen LogP) is 2.12. The van der Waals surface area contributed by atoms with Crippen molar-refractivity contribution in [2.24, 2.45) is 0 Å². The number of amides is 1. The van der Waals surface area contributed by atoms with E-state index < -0.39 is 17.4 Å². The Kier molecular flexibility index (Phi) is 5.50. The number of halogens is 2. The Morgan fingerprint density at radius 1 is 1.29 bits per heavy atom. The lowest BCUT2D eigenvalue weighted by Gasteiger charge is -2.13. The minimum absolute atomic E-state index is 0.161. The number of ether oxygens (including phenoxy) is 1. The lowest BCUT2D eigenvalue weighted by atomic mass is 10.2. The highest BCUT2D eigenvalue weighted by Gasteiger charge is 2.18. The van der Waals surface area contributed by atoms with Crippen LogP contribution in [0, 0.1) is 11.6 Å². The second kappa shape index (κ2) is 7.36. The molecule has 1 fully saturated rings. The first-order valence-corrected chi connectivity index (χ1v) is 7.15. The molecule has 0 heterocycles. The molecule has 1 aromatic carbocycles. The Morgan fingerprint density at radius 3 is 2.48 bits per heavy atom. The molecule has 2 rings (SSSR count). The Labute approximate surface area is 122 Å². The van der Waals surface area contributed by atoms with Gasteiger partial charge in [0.15, 0.2) is 24.0 Å². The molecule has 21 heavy (non-hydrogen) atoms. The molecule has 6 heteroatoms. The van der Waals surface area contributed by atoms with Gasteiger partial charge in [-0.1, -0.05) is 12.8 Å². The number of carbonyl (C=O) groups is 1. The van der Waals surface area contributed by atoms with Crippen LogP contribution < -0.4 is 15.4 Å². The molecule has 0 bridgehead atoms. The van der Waals surface area contributed by atoms with Gasteiger partial charge in [-0.15, -0.1) is 0 Å². The first kappa shape index (κ1) is 15.7. The van der Waals surface area contributed by atoms with Crippen molar-refractivity contribution in [1.29, 1.82) is 0 Å². The van der Waals surface area contributed by atoms with E-state index in [0.717, 1.165) is 25.7 Å². The van der Waals surface area contributed by atoms with Crippen LogP contribution in [0.2, 0.25) is 0 Å². The van der Waals surface area contributed by atoms with Crippen molar-refractivity contribution in [2.45, 2.75) is 38.3 Å². The molecule has 1 saturated carbocycles. The largest absolute Gasteiger partial charge is 0.478 e. The van der Waals surface area contributed by atoms with Gasteiger partial charge in [-0.3, -0.25) is 4.79 Å². The first-order chi connectivity index (χ1) is 10.1. The summed E-state index contributed by atoms with van der Waals surface area (Å²) in [5.41, 5.74) is 0.482. The number of hydrogen-bond donors (Lipinski definition) is 2. The van der Waals surface area contributed by atoms with E-state index in [2.05, 4.69) is 10.6 Å². The molecule has 0 unspecified atom stereocenters.